The molecule has 5 nitrogen and oxygen atoms in total. The van der Waals surface area contributed by atoms with E-state index < -0.39 is 0 Å². The molecular weight excluding hydrogens is 252 g/mol. The van der Waals surface area contributed by atoms with Gasteiger partial charge in [0.1, 0.15) is 6.33 Å². The molecule has 0 atom stereocenters. The van der Waals surface area contributed by atoms with Crippen LogP contribution < -0.4 is 0 Å². The first-order valence-corrected chi connectivity index (χ1v) is 6.95. The van der Waals surface area contributed by atoms with Crippen molar-refractivity contribution in [2.24, 2.45) is 0 Å². The van der Waals surface area contributed by atoms with Crippen molar-refractivity contribution < 1.29 is 4.79 Å². The molecule has 20 heavy (non-hydrogen) atoms. The number of hydrogen-bond acceptors (Lipinski definition) is 3. The number of benzene rings is 1. The lowest BCUT2D eigenvalue weighted by Gasteiger charge is -2.15. The molecule has 1 heterocycles. The van der Waals surface area contributed by atoms with Crippen molar-refractivity contribution in [2.75, 3.05) is 13.6 Å². The Kier molecular flexibility index (Phi) is 4.87. The van der Waals surface area contributed by atoms with Crippen LogP contribution in [0.15, 0.2) is 36.7 Å². The van der Waals surface area contributed by atoms with Crippen LogP contribution in [0, 0.1) is 0 Å². The molecule has 2 aromatic rings. The third kappa shape index (κ3) is 3.44. The van der Waals surface area contributed by atoms with E-state index in [1.807, 2.05) is 30.3 Å². The van der Waals surface area contributed by atoms with Crippen molar-refractivity contribution in [2.45, 2.75) is 26.2 Å². The van der Waals surface area contributed by atoms with Crippen LogP contribution in [0.3, 0.4) is 0 Å². The summed E-state index contributed by atoms with van der Waals surface area (Å²) in [5, 5.41) is 4.24. The van der Waals surface area contributed by atoms with Crippen LogP contribution in [0.2, 0.25) is 0 Å². The summed E-state index contributed by atoms with van der Waals surface area (Å²) >= 11 is 0. The minimum absolute atomic E-state index is 0.143. The molecule has 1 amide bonds. The summed E-state index contributed by atoms with van der Waals surface area (Å²) in [5.74, 6) is 0.570. The van der Waals surface area contributed by atoms with Crippen molar-refractivity contribution in [1.82, 2.24) is 19.7 Å². The Bertz CT molecular complexity index is 550. The van der Waals surface area contributed by atoms with Gasteiger partial charge in [-0.1, -0.05) is 50.1 Å². The first-order valence-electron chi connectivity index (χ1n) is 6.95. The van der Waals surface area contributed by atoms with E-state index >= 15 is 0 Å². The molecule has 0 N–H and O–H groups in total. The molecule has 0 spiro atoms. The standard InChI is InChI=1S/C15H20N4O/c1-3-4-8-11-18(2)15(20)19-12-16-14(17-19)13-9-6-5-7-10-13/h5-7,9-10,12H,3-4,8,11H2,1-2H3. The molecule has 1 aromatic carbocycles. The Morgan fingerprint density at radius 1 is 1.25 bits per heavy atom. The zero-order valence-corrected chi connectivity index (χ0v) is 12.0. The largest absolute Gasteiger partial charge is 0.345 e. The van der Waals surface area contributed by atoms with Gasteiger partial charge in [0.25, 0.3) is 0 Å². The second kappa shape index (κ2) is 6.84. The maximum absolute atomic E-state index is 12.2. The molecule has 0 saturated heterocycles. The van der Waals surface area contributed by atoms with Gasteiger partial charge in [0, 0.05) is 19.2 Å². The highest BCUT2D eigenvalue weighted by atomic mass is 16.2. The summed E-state index contributed by atoms with van der Waals surface area (Å²) in [7, 11) is 1.79. The van der Waals surface area contributed by atoms with Gasteiger partial charge in [0.05, 0.1) is 0 Å². The normalized spacial score (nSPS) is 10.5. The van der Waals surface area contributed by atoms with Gasteiger partial charge >= 0.3 is 6.03 Å². The fourth-order valence-electron chi connectivity index (χ4n) is 1.94. The average Bonchev–Trinajstić information content (AvgIpc) is 2.97. The number of aromatic nitrogens is 3. The predicted molar refractivity (Wildman–Crippen MR) is 78.4 cm³/mol. The van der Waals surface area contributed by atoms with Gasteiger partial charge in [-0.15, -0.1) is 5.10 Å². The van der Waals surface area contributed by atoms with Gasteiger partial charge in [0.15, 0.2) is 5.82 Å². The Morgan fingerprint density at radius 2 is 2.00 bits per heavy atom. The van der Waals surface area contributed by atoms with Crippen molar-refractivity contribution in [1.29, 1.82) is 0 Å². The monoisotopic (exact) mass is 272 g/mol. The van der Waals surface area contributed by atoms with E-state index in [-0.39, 0.29) is 6.03 Å². The van der Waals surface area contributed by atoms with Crippen molar-refractivity contribution in [3.05, 3.63) is 36.7 Å². The van der Waals surface area contributed by atoms with Crippen LogP contribution in [0.1, 0.15) is 26.2 Å². The van der Waals surface area contributed by atoms with Crippen LogP contribution in [0.25, 0.3) is 11.4 Å². The summed E-state index contributed by atoms with van der Waals surface area (Å²) in [6, 6.07) is 9.50. The lowest BCUT2D eigenvalue weighted by molar-refractivity contribution is 0.206. The summed E-state index contributed by atoms with van der Waals surface area (Å²) < 4.78 is 1.30. The first kappa shape index (κ1) is 14.2. The van der Waals surface area contributed by atoms with E-state index in [0.29, 0.717) is 5.82 Å². The zero-order chi connectivity index (χ0) is 14.4. The molecular formula is C15H20N4O. The Hall–Kier alpha value is -2.17. The number of amides is 1. The van der Waals surface area contributed by atoms with E-state index in [0.717, 1.165) is 31.4 Å². The average molecular weight is 272 g/mol. The van der Waals surface area contributed by atoms with Gasteiger partial charge in [-0.05, 0) is 6.42 Å². The van der Waals surface area contributed by atoms with Crippen molar-refractivity contribution >= 4 is 6.03 Å². The van der Waals surface area contributed by atoms with Crippen molar-refractivity contribution in [3.8, 4) is 11.4 Å². The molecule has 0 aliphatic carbocycles. The summed E-state index contributed by atoms with van der Waals surface area (Å²) in [6.45, 7) is 2.89. The zero-order valence-electron chi connectivity index (χ0n) is 12.0. The van der Waals surface area contributed by atoms with Gasteiger partial charge in [-0.2, -0.15) is 4.68 Å². The predicted octanol–water partition coefficient (Wildman–Crippen LogP) is 3.04. The van der Waals surface area contributed by atoms with E-state index in [2.05, 4.69) is 17.0 Å². The Balaban J connectivity index is 2.03. The smallest absolute Gasteiger partial charge is 0.326 e. The topological polar surface area (TPSA) is 51.0 Å². The number of carbonyl (C=O) groups is 1. The lowest BCUT2D eigenvalue weighted by Crippen LogP contribution is -2.32. The maximum Gasteiger partial charge on any atom is 0.345 e. The van der Waals surface area contributed by atoms with Gasteiger partial charge < -0.3 is 4.90 Å². The summed E-state index contributed by atoms with van der Waals surface area (Å²) in [4.78, 5) is 18.0. The van der Waals surface area contributed by atoms with Gasteiger partial charge in [0.2, 0.25) is 0 Å². The first-order chi connectivity index (χ1) is 9.72. The van der Waals surface area contributed by atoms with Crippen LogP contribution in [0.5, 0.6) is 0 Å². The fourth-order valence-corrected chi connectivity index (χ4v) is 1.94. The fraction of sp³-hybridized carbons (Fsp3) is 0.400. The van der Waals surface area contributed by atoms with Gasteiger partial charge in [-0.25, -0.2) is 9.78 Å². The Morgan fingerprint density at radius 3 is 2.70 bits per heavy atom. The lowest BCUT2D eigenvalue weighted by atomic mass is 10.2. The summed E-state index contributed by atoms with van der Waals surface area (Å²) in [6.07, 6.45) is 4.76. The number of rotatable bonds is 5. The minimum atomic E-state index is -0.143. The van der Waals surface area contributed by atoms with Crippen LogP contribution in [-0.4, -0.2) is 39.3 Å². The van der Waals surface area contributed by atoms with Crippen molar-refractivity contribution in [3.63, 3.8) is 0 Å². The highest BCUT2D eigenvalue weighted by Crippen LogP contribution is 2.13. The number of carbonyl (C=O) groups excluding carboxylic acids is 1. The molecule has 106 valence electrons. The minimum Gasteiger partial charge on any atom is -0.326 e. The SMILES string of the molecule is CCCCCN(C)C(=O)n1cnc(-c2ccccc2)n1. The van der Waals surface area contributed by atoms with E-state index in [1.54, 1.807) is 11.9 Å². The number of hydrogen-bond donors (Lipinski definition) is 0. The van der Waals surface area contributed by atoms with E-state index in [4.69, 9.17) is 0 Å². The molecule has 0 radical (unpaired) electrons. The molecule has 1 aromatic heterocycles. The number of unbranched alkanes of at least 4 members (excludes halogenated alkanes) is 2. The molecule has 2 rings (SSSR count). The van der Waals surface area contributed by atoms with E-state index in [1.165, 1.54) is 11.0 Å². The third-order valence-corrected chi connectivity index (χ3v) is 3.14. The summed E-state index contributed by atoms with van der Waals surface area (Å²) in [5.41, 5.74) is 0.910. The molecule has 0 fully saturated rings. The quantitative estimate of drug-likeness (QED) is 0.786. The molecule has 0 aliphatic rings. The highest BCUT2D eigenvalue weighted by molar-refractivity contribution is 5.75. The second-order valence-electron chi connectivity index (χ2n) is 4.79. The third-order valence-electron chi connectivity index (χ3n) is 3.14. The van der Waals surface area contributed by atoms with Crippen LogP contribution in [-0.2, 0) is 0 Å². The molecule has 0 bridgehead atoms. The highest BCUT2D eigenvalue weighted by Gasteiger charge is 2.13. The molecule has 5 heteroatoms. The number of nitrogens with zero attached hydrogens (tertiary/aromatic N) is 4. The van der Waals surface area contributed by atoms with E-state index in [9.17, 15) is 4.79 Å². The maximum atomic E-state index is 12.2. The molecule has 0 unspecified atom stereocenters. The second-order valence-corrected chi connectivity index (χ2v) is 4.79. The molecule has 0 saturated carbocycles. The Labute approximate surface area is 119 Å². The van der Waals surface area contributed by atoms with Gasteiger partial charge in [-0.3, -0.25) is 0 Å². The van der Waals surface area contributed by atoms with Crippen LogP contribution >= 0.6 is 0 Å². The molecule has 0 aliphatic heterocycles. The van der Waals surface area contributed by atoms with Crippen LogP contribution in [0.4, 0.5) is 4.79 Å².